The van der Waals surface area contributed by atoms with Gasteiger partial charge in [-0.2, -0.15) is 0 Å². The number of piperidine rings is 1. The molecular formula is C21H37N5O. The number of unbranched alkanes of at least 4 members (excludes halogenated alkanes) is 1. The minimum Gasteiger partial charge on any atom is -0.343 e. The van der Waals surface area contributed by atoms with Gasteiger partial charge in [0.15, 0.2) is 0 Å². The van der Waals surface area contributed by atoms with E-state index in [-0.39, 0.29) is 0 Å². The molecule has 3 heterocycles. The summed E-state index contributed by atoms with van der Waals surface area (Å²) in [6, 6.07) is 0.607. The zero-order valence-corrected chi connectivity index (χ0v) is 17.4. The highest BCUT2D eigenvalue weighted by atomic mass is 16.2. The van der Waals surface area contributed by atoms with Crippen molar-refractivity contribution in [2.75, 3.05) is 46.8 Å². The van der Waals surface area contributed by atoms with E-state index in [4.69, 9.17) is 0 Å². The van der Waals surface area contributed by atoms with Crippen LogP contribution in [0.2, 0.25) is 0 Å². The van der Waals surface area contributed by atoms with Gasteiger partial charge in [0.2, 0.25) is 5.91 Å². The van der Waals surface area contributed by atoms with E-state index in [2.05, 4.69) is 51.5 Å². The highest BCUT2D eigenvalue weighted by molar-refractivity contribution is 5.76. The zero-order valence-electron chi connectivity index (χ0n) is 17.4. The number of carbonyl (C=O) groups is 1. The molecule has 0 N–H and O–H groups in total. The Morgan fingerprint density at radius 3 is 2.70 bits per heavy atom. The Labute approximate surface area is 164 Å². The molecule has 1 aromatic heterocycles. The van der Waals surface area contributed by atoms with Crippen molar-refractivity contribution in [3.05, 3.63) is 18.2 Å². The molecule has 2 saturated heterocycles. The molecule has 152 valence electrons. The van der Waals surface area contributed by atoms with Crippen molar-refractivity contribution in [2.24, 2.45) is 0 Å². The Balaban J connectivity index is 1.42. The summed E-state index contributed by atoms with van der Waals surface area (Å²) in [7, 11) is 4.34. The predicted octanol–water partition coefficient (Wildman–Crippen LogP) is 2.42. The molecule has 0 radical (unpaired) electrons. The number of nitrogens with zero attached hydrogens (tertiary/aromatic N) is 5. The lowest BCUT2D eigenvalue weighted by molar-refractivity contribution is -0.132. The van der Waals surface area contributed by atoms with Crippen LogP contribution in [0, 0.1) is 0 Å². The molecular weight excluding hydrogens is 338 g/mol. The number of hydrogen-bond acceptors (Lipinski definition) is 4. The minimum absolute atomic E-state index is 0.320. The van der Waals surface area contributed by atoms with Crippen LogP contribution in [-0.4, -0.2) is 83.0 Å². The van der Waals surface area contributed by atoms with Crippen LogP contribution in [0.15, 0.2) is 12.4 Å². The van der Waals surface area contributed by atoms with Crippen molar-refractivity contribution in [1.82, 2.24) is 24.3 Å². The van der Waals surface area contributed by atoms with Gasteiger partial charge in [0.1, 0.15) is 5.82 Å². The molecule has 1 amide bonds. The Hall–Kier alpha value is -1.40. The third kappa shape index (κ3) is 5.32. The standard InChI is InChI=1S/C21H37N5O/c1-4-5-11-26-16-10-22-21(26)18-6-14-25(15-7-18)20(27)9-13-24(3)19-8-12-23(2)17-19/h10,16,18-19H,4-9,11-15,17H2,1-3H3/t19-/m1/s1. The van der Waals surface area contributed by atoms with E-state index in [1.807, 2.05) is 6.20 Å². The largest absolute Gasteiger partial charge is 0.343 e. The lowest BCUT2D eigenvalue weighted by Crippen LogP contribution is -2.41. The number of aryl methyl sites for hydroxylation is 1. The van der Waals surface area contributed by atoms with Crippen LogP contribution < -0.4 is 0 Å². The van der Waals surface area contributed by atoms with E-state index in [1.165, 1.54) is 31.6 Å². The minimum atomic E-state index is 0.320. The van der Waals surface area contributed by atoms with Crippen molar-refractivity contribution >= 4 is 5.91 Å². The summed E-state index contributed by atoms with van der Waals surface area (Å²) in [5, 5.41) is 0. The Morgan fingerprint density at radius 1 is 1.26 bits per heavy atom. The molecule has 2 aliphatic rings. The first-order chi connectivity index (χ1) is 13.1. The number of amides is 1. The molecule has 27 heavy (non-hydrogen) atoms. The highest BCUT2D eigenvalue weighted by Gasteiger charge is 2.27. The van der Waals surface area contributed by atoms with Gasteiger partial charge in [0.05, 0.1) is 0 Å². The monoisotopic (exact) mass is 375 g/mol. The van der Waals surface area contributed by atoms with Crippen molar-refractivity contribution in [3.8, 4) is 0 Å². The number of likely N-dealkylation sites (tertiary alicyclic amines) is 2. The Kier molecular flexibility index (Phi) is 7.30. The first-order valence-electron chi connectivity index (χ1n) is 10.8. The van der Waals surface area contributed by atoms with Gasteiger partial charge >= 0.3 is 0 Å². The van der Waals surface area contributed by atoms with Crippen LogP contribution in [0.4, 0.5) is 0 Å². The molecule has 6 nitrogen and oxygen atoms in total. The van der Waals surface area contributed by atoms with Gasteiger partial charge in [0, 0.05) is 63.5 Å². The molecule has 0 unspecified atom stereocenters. The SMILES string of the molecule is CCCCn1ccnc1C1CCN(C(=O)CCN(C)[C@@H]2CCN(C)C2)CC1. The molecule has 0 aromatic carbocycles. The van der Waals surface area contributed by atoms with Gasteiger partial charge in [-0.05, 0) is 46.3 Å². The third-order valence-corrected chi connectivity index (χ3v) is 6.38. The average molecular weight is 376 g/mol. The van der Waals surface area contributed by atoms with Crippen molar-refractivity contribution in [2.45, 2.75) is 64.0 Å². The fraction of sp³-hybridized carbons (Fsp3) is 0.810. The number of imidazole rings is 1. The summed E-state index contributed by atoms with van der Waals surface area (Å²) in [4.78, 5) is 24.1. The first kappa shape index (κ1) is 20.3. The second kappa shape index (κ2) is 9.69. The van der Waals surface area contributed by atoms with Gasteiger partial charge < -0.3 is 19.3 Å². The van der Waals surface area contributed by atoms with Gasteiger partial charge in [-0.1, -0.05) is 13.3 Å². The van der Waals surface area contributed by atoms with E-state index < -0.39 is 0 Å². The maximum absolute atomic E-state index is 12.7. The van der Waals surface area contributed by atoms with E-state index in [1.54, 1.807) is 0 Å². The van der Waals surface area contributed by atoms with Crippen molar-refractivity contribution < 1.29 is 4.79 Å². The van der Waals surface area contributed by atoms with Crippen LogP contribution in [0.5, 0.6) is 0 Å². The fourth-order valence-electron chi connectivity index (χ4n) is 4.47. The number of carbonyl (C=O) groups excluding carboxylic acids is 1. The van der Waals surface area contributed by atoms with E-state index in [0.717, 1.165) is 45.6 Å². The molecule has 0 aliphatic carbocycles. The third-order valence-electron chi connectivity index (χ3n) is 6.38. The first-order valence-corrected chi connectivity index (χ1v) is 10.8. The summed E-state index contributed by atoms with van der Waals surface area (Å²) in [5.41, 5.74) is 0. The molecule has 0 bridgehead atoms. The molecule has 1 atom stereocenters. The number of rotatable bonds is 8. The predicted molar refractivity (Wildman–Crippen MR) is 109 cm³/mol. The van der Waals surface area contributed by atoms with E-state index in [0.29, 0.717) is 24.3 Å². The maximum atomic E-state index is 12.7. The number of likely N-dealkylation sites (N-methyl/N-ethyl adjacent to an activating group) is 2. The van der Waals surface area contributed by atoms with E-state index >= 15 is 0 Å². The smallest absolute Gasteiger partial charge is 0.223 e. The topological polar surface area (TPSA) is 44.6 Å². The summed E-state index contributed by atoms with van der Waals surface area (Å²) in [6.07, 6.45) is 10.4. The Bertz CT molecular complexity index is 593. The summed E-state index contributed by atoms with van der Waals surface area (Å²) < 4.78 is 2.32. The molecule has 6 heteroatoms. The normalized spacial score (nSPS) is 22.1. The molecule has 2 fully saturated rings. The van der Waals surface area contributed by atoms with Gasteiger partial charge in [-0.3, -0.25) is 4.79 Å². The molecule has 0 spiro atoms. The van der Waals surface area contributed by atoms with Crippen LogP contribution in [0.3, 0.4) is 0 Å². The lowest BCUT2D eigenvalue weighted by atomic mass is 9.95. The highest BCUT2D eigenvalue weighted by Crippen LogP contribution is 2.27. The summed E-state index contributed by atoms with van der Waals surface area (Å²) in [5.74, 6) is 2.04. The van der Waals surface area contributed by atoms with Crippen LogP contribution >= 0.6 is 0 Å². The molecule has 3 rings (SSSR count). The van der Waals surface area contributed by atoms with Crippen LogP contribution in [-0.2, 0) is 11.3 Å². The van der Waals surface area contributed by atoms with Crippen molar-refractivity contribution in [1.29, 1.82) is 0 Å². The van der Waals surface area contributed by atoms with Gasteiger partial charge in [-0.15, -0.1) is 0 Å². The quantitative estimate of drug-likeness (QED) is 0.700. The van der Waals surface area contributed by atoms with E-state index in [9.17, 15) is 4.79 Å². The molecule has 1 aromatic rings. The fourth-order valence-corrected chi connectivity index (χ4v) is 4.47. The van der Waals surface area contributed by atoms with Crippen LogP contribution in [0.1, 0.15) is 57.2 Å². The molecule has 2 aliphatic heterocycles. The van der Waals surface area contributed by atoms with Gasteiger partial charge in [0.25, 0.3) is 0 Å². The maximum Gasteiger partial charge on any atom is 0.223 e. The molecule has 0 saturated carbocycles. The van der Waals surface area contributed by atoms with Crippen molar-refractivity contribution in [3.63, 3.8) is 0 Å². The number of aromatic nitrogens is 2. The second-order valence-corrected chi connectivity index (χ2v) is 8.42. The Morgan fingerprint density at radius 2 is 2.04 bits per heavy atom. The zero-order chi connectivity index (χ0) is 19.2. The lowest BCUT2D eigenvalue weighted by Gasteiger charge is -2.33. The second-order valence-electron chi connectivity index (χ2n) is 8.42. The summed E-state index contributed by atoms with van der Waals surface area (Å²) >= 11 is 0. The number of hydrogen-bond donors (Lipinski definition) is 0. The van der Waals surface area contributed by atoms with Gasteiger partial charge in [-0.25, -0.2) is 4.98 Å². The van der Waals surface area contributed by atoms with Crippen LogP contribution in [0.25, 0.3) is 0 Å². The average Bonchev–Trinajstić information content (AvgIpc) is 3.33. The summed E-state index contributed by atoms with van der Waals surface area (Å²) in [6.45, 7) is 8.21.